The summed E-state index contributed by atoms with van der Waals surface area (Å²) in [5.74, 6) is -0.339. The maximum atomic E-state index is 14.7. The standard InChI is InChI=1S/C24H20F4N6O2S/c1-4-15-9-20-16(10-18(15)25)17(11-29)22(34(20)23-30-6-5-7-31-23)19-8-13(2)21(12-32-19)37(35,36)33-14(3)24(26,27)28/h5-10,12,14,33H,4H2,1-3H3. The first-order valence-corrected chi connectivity index (χ1v) is 12.5. The Balaban J connectivity index is 1.96. The molecule has 0 radical (unpaired) electrons. The van der Waals surface area contributed by atoms with Crippen LogP contribution in [0.1, 0.15) is 30.5 Å². The fourth-order valence-electron chi connectivity index (χ4n) is 3.91. The van der Waals surface area contributed by atoms with E-state index in [0.717, 1.165) is 6.20 Å². The number of nitriles is 1. The van der Waals surface area contributed by atoms with Crippen LogP contribution in [-0.4, -0.2) is 40.2 Å². The van der Waals surface area contributed by atoms with Crippen molar-refractivity contribution in [3.63, 3.8) is 0 Å². The number of hydrogen-bond acceptors (Lipinski definition) is 6. The molecule has 0 saturated heterocycles. The summed E-state index contributed by atoms with van der Waals surface area (Å²) in [5.41, 5.74) is 1.28. The second kappa shape index (κ2) is 9.53. The molecule has 0 aliphatic heterocycles. The highest BCUT2D eigenvalue weighted by Crippen LogP contribution is 2.36. The molecule has 8 nitrogen and oxygen atoms in total. The van der Waals surface area contributed by atoms with Gasteiger partial charge in [0.25, 0.3) is 0 Å². The highest BCUT2D eigenvalue weighted by atomic mass is 32.2. The van der Waals surface area contributed by atoms with E-state index in [0.29, 0.717) is 24.4 Å². The molecule has 1 aromatic carbocycles. The van der Waals surface area contributed by atoms with Crippen molar-refractivity contribution in [1.29, 1.82) is 5.26 Å². The van der Waals surface area contributed by atoms with Gasteiger partial charge in [-0.2, -0.15) is 23.2 Å². The summed E-state index contributed by atoms with van der Waals surface area (Å²) < 4.78 is 81.9. The van der Waals surface area contributed by atoms with Crippen LogP contribution in [0.25, 0.3) is 28.2 Å². The lowest BCUT2D eigenvalue weighted by atomic mass is 10.1. The van der Waals surface area contributed by atoms with Gasteiger partial charge < -0.3 is 0 Å². The third-order valence-corrected chi connectivity index (χ3v) is 7.47. The number of rotatable bonds is 6. The predicted molar refractivity (Wildman–Crippen MR) is 127 cm³/mol. The summed E-state index contributed by atoms with van der Waals surface area (Å²) in [6.07, 6.45) is -0.512. The minimum absolute atomic E-state index is 0.0512. The van der Waals surface area contributed by atoms with Gasteiger partial charge >= 0.3 is 6.18 Å². The van der Waals surface area contributed by atoms with Crippen LogP contribution in [0, 0.1) is 24.1 Å². The Hall–Kier alpha value is -3.89. The van der Waals surface area contributed by atoms with E-state index < -0.39 is 33.0 Å². The number of fused-ring (bicyclic) bond motifs is 1. The Labute approximate surface area is 209 Å². The Morgan fingerprint density at radius 1 is 1.16 bits per heavy atom. The molecule has 3 aromatic heterocycles. The molecule has 192 valence electrons. The molecule has 0 aliphatic rings. The summed E-state index contributed by atoms with van der Waals surface area (Å²) in [5, 5.41) is 10.3. The van der Waals surface area contributed by atoms with Crippen molar-refractivity contribution in [3.8, 4) is 23.4 Å². The zero-order chi connectivity index (χ0) is 27.1. The average molecular weight is 533 g/mol. The number of aryl methyl sites for hydroxylation is 2. The summed E-state index contributed by atoms with van der Waals surface area (Å²) in [6, 6.07) is 5.49. The summed E-state index contributed by atoms with van der Waals surface area (Å²) >= 11 is 0. The number of alkyl halides is 3. The molecule has 1 N–H and O–H groups in total. The van der Waals surface area contributed by atoms with Crippen molar-refractivity contribution in [3.05, 3.63) is 65.4 Å². The van der Waals surface area contributed by atoms with Crippen molar-refractivity contribution in [2.45, 2.75) is 44.3 Å². The van der Waals surface area contributed by atoms with E-state index in [1.54, 1.807) is 23.8 Å². The summed E-state index contributed by atoms with van der Waals surface area (Å²) in [7, 11) is -4.57. The van der Waals surface area contributed by atoms with E-state index in [9.17, 15) is 31.2 Å². The van der Waals surface area contributed by atoms with Crippen LogP contribution < -0.4 is 4.72 Å². The average Bonchev–Trinajstić information content (AvgIpc) is 3.15. The van der Waals surface area contributed by atoms with Crippen LogP contribution in [0.4, 0.5) is 17.6 Å². The van der Waals surface area contributed by atoms with Gasteiger partial charge in [-0.25, -0.2) is 22.8 Å². The Kier molecular flexibility index (Phi) is 6.74. The second-order valence-corrected chi connectivity index (χ2v) is 9.94. The molecule has 37 heavy (non-hydrogen) atoms. The molecule has 0 saturated carbocycles. The van der Waals surface area contributed by atoms with Crippen LogP contribution >= 0.6 is 0 Å². The zero-order valence-corrected chi connectivity index (χ0v) is 20.6. The van der Waals surface area contributed by atoms with E-state index in [1.807, 2.05) is 0 Å². The second-order valence-electron chi connectivity index (χ2n) is 8.25. The maximum Gasteiger partial charge on any atom is 0.404 e. The normalized spacial score (nSPS) is 13.0. The first kappa shape index (κ1) is 26.2. The van der Waals surface area contributed by atoms with Crippen LogP contribution in [-0.2, 0) is 16.4 Å². The number of sulfonamides is 1. The lowest BCUT2D eigenvalue weighted by Gasteiger charge is -2.18. The van der Waals surface area contributed by atoms with Crippen LogP contribution in [0.15, 0.2) is 47.8 Å². The highest BCUT2D eigenvalue weighted by molar-refractivity contribution is 7.89. The third kappa shape index (κ3) is 4.77. The van der Waals surface area contributed by atoms with E-state index >= 15 is 0 Å². The van der Waals surface area contributed by atoms with Crippen molar-refractivity contribution in [2.75, 3.05) is 0 Å². The maximum absolute atomic E-state index is 14.7. The third-order valence-electron chi connectivity index (χ3n) is 5.80. The molecular weight excluding hydrogens is 512 g/mol. The molecular formula is C24H20F4N6O2S. The largest absolute Gasteiger partial charge is 0.404 e. The van der Waals surface area contributed by atoms with Gasteiger partial charge in [-0.3, -0.25) is 9.55 Å². The van der Waals surface area contributed by atoms with Gasteiger partial charge in [0.15, 0.2) is 0 Å². The Bertz CT molecular complexity index is 1640. The Morgan fingerprint density at radius 2 is 1.84 bits per heavy atom. The number of benzene rings is 1. The van der Waals surface area contributed by atoms with Gasteiger partial charge in [-0.15, -0.1) is 0 Å². The van der Waals surface area contributed by atoms with Crippen molar-refractivity contribution in [2.24, 2.45) is 0 Å². The number of nitrogens with one attached hydrogen (secondary N) is 1. The SMILES string of the molecule is CCc1cc2c(cc1F)c(C#N)c(-c1cc(C)c(S(=O)(=O)NC(C)C(F)(F)F)cn1)n2-c1ncccn1. The molecule has 4 rings (SSSR count). The topological polar surface area (TPSA) is 114 Å². The lowest BCUT2D eigenvalue weighted by Crippen LogP contribution is -2.43. The lowest BCUT2D eigenvalue weighted by molar-refractivity contribution is -0.147. The van der Waals surface area contributed by atoms with Gasteiger partial charge in [0, 0.05) is 24.0 Å². The smallest absolute Gasteiger partial charge is 0.275 e. The van der Waals surface area contributed by atoms with Gasteiger partial charge in [0.1, 0.15) is 22.8 Å². The molecule has 13 heteroatoms. The van der Waals surface area contributed by atoms with E-state index in [1.165, 1.54) is 36.0 Å². The number of hydrogen-bond donors (Lipinski definition) is 1. The van der Waals surface area contributed by atoms with Gasteiger partial charge in [-0.1, -0.05) is 6.92 Å². The van der Waals surface area contributed by atoms with Crippen LogP contribution in [0.2, 0.25) is 0 Å². The number of aromatic nitrogens is 4. The molecule has 0 amide bonds. The van der Waals surface area contributed by atoms with Gasteiger partial charge in [0.2, 0.25) is 16.0 Å². The van der Waals surface area contributed by atoms with Gasteiger partial charge in [0.05, 0.1) is 22.5 Å². The van der Waals surface area contributed by atoms with Crippen LogP contribution in [0.3, 0.4) is 0 Å². The molecule has 4 aromatic rings. The fourth-order valence-corrected chi connectivity index (χ4v) is 5.31. The number of nitrogens with zero attached hydrogens (tertiary/aromatic N) is 5. The number of pyridine rings is 1. The molecule has 3 heterocycles. The fraction of sp³-hybridized carbons (Fsp3) is 0.250. The zero-order valence-electron chi connectivity index (χ0n) is 19.8. The minimum Gasteiger partial charge on any atom is -0.275 e. The molecule has 0 spiro atoms. The van der Waals surface area contributed by atoms with Crippen molar-refractivity contribution in [1.82, 2.24) is 24.2 Å². The van der Waals surface area contributed by atoms with E-state index in [4.69, 9.17) is 0 Å². The first-order valence-electron chi connectivity index (χ1n) is 11.0. The van der Waals surface area contributed by atoms with Crippen molar-refractivity contribution < 1.29 is 26.0 Å². The van der Waals surface area contributed by atoms with Gasteiger partial charge in [-0.05, 0) is 55.7 Å². The molecule has 0 fully saturated rings. The van der Waals surface area contributed by atoms with E-state index in [-0.39, 0.29) is 33.8 Å². The number of halogens is 4. The van der Waals surface area contributed by atoms with E-state index in [2.05, 4.69) is 21.0 Å². The van der Waals surface area contributed by atoms with Crippen LogP contribution in [0.5, 0.6) is 0 Å². The molecule has 0 bridgehead atoms. The quantitative estimate of drug-likeness (QED) is 0.364. The van der Waals surface area contributed by atoms with Crippen molar-refractivity contribution >= 4 is 20.9 Å². The monoisotopic (exact) mass is 532 g/mol. The first-order chi connectivity index (χ1) is 17.4. The Morgan fingerprint density at radius 3 is 2.41 bits per heavy atom. The highest BCUT2D eigenvalue weighted by Gasteiger charge is 2.39. The summed E-state index contributed by atoms with van der Waals surface area (Å²) in [4.78, 5) is 12.2. The molecule has 0 aliphatic carbocycles. The summed E-state index contributed by atoms with van der Waals surface area (Å²) in [6.45, 7) is 3.86. The minimum atomic E-state index is -4.78. The molecule has 1 unspecified atom stereocenters. The molecule has 1 atom stereocenters. The predicted octanol–water partition coefficient (Wildman–Crippen LogP) is 4.59.